The Morgan fingerprint density at radius 2 is 1.76 bits per heavy atom. The number of aliphatic hydroxyl groups excluding tert-OH is 1. The zero-order valence-electron chi connectivity index (χ0n) is 10.3. The zero-order chi connectivity index (χ0) is 13.1. The molecule has 0 aliphatic rings. The number of hydrogen-bond acceptors (Lipinski definition) is 3. The molecule has 0 rings (SSSR count). The van der Waals surface area contributed by atoms with Gasteiger partial charge in [0.2, 0.25) is 0 Å². The first-order valence-electron chi connectivity index (χ1n) is 5.97. The van der Waals surface area contributed by atoms with Crippen LogP contribution < -0.4 is 0 Å². The Balaban J connectivity index is 3.53. The predicted molar refractivity (Wildman–Crippen MR) is 59.9 cm³/mol. The Bertz CT molecular complexity index is 177. The Morgan fingerprint density at radius 3 is 2.29 bits per heavy atom. The van der Waals surface area contributed by atoms with Gasteiger partial charge in [-0.05, 0) is 19.4 Å². The summed E-state index contributed by atoms with van der Waals surface area (Å²) >= 11 is 0. The van der Waals surface area contributed by atoms with E-state index in [1.165, 1.54) is 0 Å². The Kier molecular flexibility index (Phi) is 9.49. The second-order valence-electron chi connectivity index (χ2n) is 3.94. The number of unbranched alkanes of at least 4 members (excludes halogenated alkanes) is 1. The molecule has 0 aromatic heterocycles. The highest BCUT2D eigenvalue weighted by Crippen LogP contribution is 2.14. The van der Waals surface area contributed by atoms with Crippen molar-refractivity contribution in [2.24, 2.45) is 0 Å². The SMILES string of the molecule is CCCCN(CCO)CCCOCC(F)(F)F. The lowest BCUT2D eigenvalue weighted by Gasteiger charge is -2.20. The summed E-state index contributed by atoms with van der Waals surface area (Å²) in [4.78, 5) is 2.04. The van der Waals surface area contributed by atoms with Crippen LogP contribution in [0.3, 0.4) is 0 Å². The van der Waals surface area contributed by atoms with Gasteiger partial charge in [0.15, 0.2) is 0 Å². The van der Waals surface area contributed by atoms with Crippen molar-refractivity contribution < 1.29 is 23.0 Å². The molecule has 0 bridgehead atoms. The van der Waals surface area contributed by atoms with E-state index in [1.807, 2.05) is 4.90 Å². The first-order valence-corrected chi connectivity index (χ1v) is 5.97. The van der Waals surface area contributed by atoms with Crippen LogP contribution in [0.4, 0.5) is 13.2 Å². The molecule has 0 aliphatic carbocycles. The molecule has 104 valence electrons. The lowest BCUT2D eigenvalue weighted by Crippen LogP contribution is -2.30. The molecule has 0 aromatic rings. The molecule has 0 aliphatic heterocycles. The van der Waals surface area contributed by atoms with E-state index in [0.717, 1.165) is 19.4 Å². The molecule has 0 heterocycles. The van der Waals surface area contributed by atoms with Crippen LogP contribution in [0.1, 0.15) is 26.2 Å². The van der Waals surface area contributed by atoms with E-state index in [4.69, 9.17) is 5.11 Å². The zero-order valence-corrected chi connectivity index (χ0v) is 10.3. The summed E-state index contributed by atoms with van der Waals surface area (Å²) in [6, 6.07) is 0. The highest BCUT2D eigenvalue weighted by molar-refractivity contribution is 4.57. The number of nitrogens with zero attached hydrogens (tertiary/aromatic N) is 1. The van der Waals surface area contributed by atoms with E-state index >= 15 is 0 Å². The molecular weight excluding hydrogens is 235 g/mol. The van der Waals surface area contributed by atoms with Crippen molar-refractivity contribution in [2.75, 3.05) is 39.5 Å². The van der Waals surface area contributed by atoms with Gasteiger partial charge < -0.3 is 14.7 Å². The van der Waals surface area contributed by atoms with Crippen LogP contribution in [-0.2, 0) is 4.74 Å². The molecule has 0 radical (unpaired) electrons. The Labute approximate surface area is 101 Å². The second-order valence-corrected chi connectivity index (χ2v) is 3.94. The van der Waals surface area contributed by atoms with Gasteiger partial charge in [-0.3, -0.25) is 0 Å². The lowest BCUT2D eigenvalue weighted by molar-refractivity contribution is -0.174. The van der Waals surface area contributed by atoms with Crippen LogP contribution in [0.25, 0.3) is 0 Å². The minimum absolute atomic E-state index is 0.0765. The van der Waals surface area contributed by atoms with Gasteiger partial charge in [-0.1, -0.05) is 13.3 Å². The third-order valence-corrected chi connectivity index (χ3v) is 2.27. The predicted octanol–water partition coefficient (Wildman–Crippen LogP) is 2.05. The summed E-state index contributed by atoms with van der Waals surface area (Å²) in [5.74, 6) is 0. The van der Waals surface area contributed by atoms with Gasteiger partial charge in [0.05, 0.1) is 6.61 Å². The summed E-state index contributed by atoms with van der Waals surface area (Å²) in [5, 5.41) is 8.82. The number of hydrogen-bond donors (Lipinski definition) is 1. The van der Waals surface area contributed by atoms with E-state index in [9.17, 15) is 13.2 Å². The molecule has 0 unspecified atom stereocenters. The third kappa shape index (κ3) is 11.9. The molecule has 0 saturated carbocycles. The van der Waals surface area contributed by atoms with Crippen molar-refractivity contribution in [1.29, 1.82) is 0 Å². The molecule has 0 aromatic carbocycles. The maximum atomic E-state index is 11.8. The van der Waals surface area contributed by atoms with Gasteiger partial charge in [-0.25, -0.2) is 0 Å². The van der Waals surface area contributed by atoms with Gasteiger partial charge in [-0.2, -0.15) is 13.2 Å². The van der Waals surface area contributed by atoms with Gasteiger partial charge >= 0.3 is 6.18 Å². The van der Waals surface area contributed by atoms with E-state index in [1.54, 1.807) is 0 Å². The average Bonchev–Trinajstić information content (AvgIpc) is 2.23. The fraction of sp³-hybridized carbons (Fsp3) is 1.00. The van der Waals surface area contributed by atoms with Crippen molar-refractivity contribution in [3.63, 3.8) is 0 Å². The first-order chi connectivity index (χ1) is 7.99. The van der Waals surface area contributed by atoms with Crippen LogP contribution >= 0.6 is 0 Å². The van der Waals surface area contributed by atoms with E-state index < -0.39 is 12.8 Å². The number of ether oxygens (including phenoxy) is 1. The summed E-state index contributed by atoms with van der Waals surface area (Å²) < 4.78 is 39.8. The van der Waals surface area contributed by atoms with Crippen LogP contribution in [0.5, 0.6) is 0 Å². The monoisotopic (exact) mass is 257 g/mol. The maximum Gasteiger partial charge on any atom is 0.411 e. The highest BCUT2D eigenvalue weighted by Gasteiger charge is 2.27. The maximum absolute atomic E-state index is 11.8. The number of rotatable bonds is 10. The van der Waals surface area contributed by atoms with Crippen molar-refractivity contribution in [3.8, 4) is 0 Å². The number of alkyl halides is 3. The van der Waals surface area contributed by atoms with Crippen LogP contribution in [-0.4, -0.2) is 55.6 Å². The molecule has 0 saturated heterocycles. The average molecular weight is 257 g/mol. The molecule has 0 fully saturated rings. The molecule has 0 amide bonds. The summed E-state index contributed by atoms with van der Waals surface area (Å²) in [6.07, 6.45) is -1.59. The normalized spacial score (nSPS) is 12.4. The molecule has 0 spiro atoms. The van der Waals surface area contributed by atoms with Crippen molar-refractivity contribution in [3.05, 3.63) is 0 Å². The van der Waals surface area contributed by atoms with Crippen LogP contribution in [0.15, 0.2) is 0 Å². The molecule has 3 nitrogen and oxygen atoms in total. The van der Waals surface area contributed by atoms with Gasteiger partial charge in [0.25, 0.3) is 0 Å². The highest BCUT2D eigenvalue weighted by atomic mass is 19.4. The molecule has 0 atom stereocenters. The first kappa shape index (κ1) is 16.7. The number of halogens is 3. The fourth-order valence-electron chi connectivity index (χ4n) is 1.44. The smallest absolute Gasteiger partial charge is 0.395 e. The lowest BCUT2D eigenvalue weighted by atomic mass is 10.3. The third-order valence-electron chi connectivity index (χ3n) is 2.27. The molecular formula is C11H22F3NO2. The second kappa shape index (κ2) is 9.67. The fourth-order valence-corrected chi connectivity index (χ4v) is 1.44. The minimum Gasteiger partial charge on any atom is -0.395 e. The minimum atomic E-state index is -4.24. The van der Waals surface area contributed by atoms with E-state index in [-0.39, 0.29) is 13.2 Å². The van der Waals surface area contributed by atoms with Crippen LogP contribution in [0.2, 0.25) is 0 Å². The summed E-state index contributed by atoms with van der Waals surface area (Å²) in [5.41, 5.74) is 0. The summed E-state index contributed by atoms with van der Waals surface area (Å²) in [6.45, 7) is 3.18. The molecule has 6 heteroatoms. The van der Waals surface area contributed by atoms with Crippen molar-refractivity contribution >= 4 is 0 Å². The van der Waals surface area contributed by atoms with Gasteiger partial charge in [-0.15, -0.1) is 0 Å². The van der Waals surface area contributed by atoms with Gasteiger partial charge in [0.1, 0.15) is 6.61 Å². The standard InChI is InChI=1S/C11H22F3NO2/c1-2-3-5-15(7-8-16)6-4-9-17-10-11(12,13)14/h16H,2-10H2,1H3. The molecule has 1 N–H and O–H groups in total. The van der Waals surface area contributed by atoms with Crippen LogP contribution in [0, 0.1) is 0 Å². The largest absolute Gasteiger partial charge is 0.411 e. The topological polar surface area (TPSA) is 32.7 Å². The van der Waals surface area contributed by atoms with Gasteiger partial charge in [0, 0.05) is 19.7 Å². The number of aliphatic hydroxyl groups is 1. The van der Waals surface area contributed by atoms with E-state index in [0.29, 0.717) is 19.5 Å². The van der Waals surface area contributed by atoms with Crippen molar-refractivity contribution in [1.82, 2.24) is 4.90 Å². The summed E-state index contributed by atoms with van der Waals surface area (Å²) in [7, 11) is 0. The van der Waals surface area contributed by atoms with E-state index in [2.05, 4.69) is 11.7 Å². The Hall–Kier alpha value is -0.330. The Morgan fingerprint density at radius 1 is 1.12 bits per heavy atom. The quantitative estimate of drug-likeness (QED) is 0.608. The molecule has 17 heavy (non-hydrogen) atoms. The van der Waals surface area contributed by atoms with Crippen molar-refractivity contribution in [2.45, 2.75) is 32.4 Å².